The number of anilines is 1. The number of aromatic nitrogens is 3. The Balaban J connectivity index is 1.27. The van der Waals surface area contributed by atoms with E-state index in [4.69, 9.17) is 0 Å². The largest absolute Gasteiger partial charge is 0.353 e. The highest BCUT2D eigenvalue weighted by atomic mass is 19.1. The number of amides is 1. The smallest absolute Gasteiger partial charge is 0.227 e. The van der Waals surface area contributed by atoms with Gasteiger partial charge in [-0.3, -0.25) is 4.79 Å². The Bertz CT molecular complexity index is 1030. The molecule has 4 heterocycles. The fourth-order valence-electron chi connectivity index (χ4n) is 4.44. The molecule has 0 spiro atoms. The summed E-state index contributed by atoms with van der Waals surface area (Å²) >= 11 is 0. The highest BCUT2D eigenvalue weighted by molar-refractivity contribution is 5.79. The average molecular weight is 405 g/mol. The molecule has 1 unspecified atom stereocenters. The van der Waals surface area contributed by atoms with Crippen molar-refractivity contribution in [2.75, 3.05) is 31.1 Å². The maximum atomic E-state index is 13.3. The average Bonchev–Trinajstić information content (AvgIpc) is 3.23. The predicted molar refractivity (Wildman–Crippen MR) is 112 cm³/mol. The zero-order valence-electron chi connectivity index (χ0n) is 16.7. The Morgan fingerprint density at radius 2 is 1.80 bits per heavy atom. The third kappa shape index (κ3) is 3.56. The Morgan fingerprint density at radius 1 is 1.00 bits per heavy atom. The first-order valence-electron chi connectivity index (χ1n) is 10.4. The van der Waals surface area contributed by atoms with Crippen LogP contribution in [0.2, 0.25) is 0 Å². The number of hydrogen-bond donors (Lipinski definition) is 0. The lowest BCUT2D eigenvalue weighted by Gasteiger charge is -2.37. The highest BCUT2D eigenvalue weighted by Crippen LogP contribution is 2.29. The number of carbonyl (C=O) groups excluding carboxylic acids is 1. The Morgan fingerprint density at radius 3 is 2.53 bits per heavy atom. The van der Waals surface area contributed by atoms with Gasteiger partial charge in [-0.1, -0.05) is 6.07 Å². The van der Waals surface area contributed by atoms with Crippen LogP contribution >= 0.6 is 0 Å². The van der Waals surface area contributed by atoms with Crippen molar-refractivity contribution in [1.29, 1.82) is 0 Å². The van der Waals surface area contributed by atoms with Crippen LogP contribution in [0.5, 0.6) is 0 Å². The van der Waals surface area contributed by atoms with Crippen LogP contribution < -0.4 is 4.90 Å². The lowest BCUT2D eigenvalue weighted by Crippen LogP contribution is -2.51. The monoisotopic (exact) mass is 405 g/mol. The molecule has 30 heavy (non-hydrogen) atoms. The second-order valence-corrected chi connectivity index (χ2v) is 7.91. The third-order valence-corrected chi connectivity index (χ3v) is 6.11. The van der Waals surface area contributed by atoms with E-state index >= 15 is 0 Å². The molecule has 2 aliphatic rings. The summed E-state index contributed by atoms with van der Waals surface area (Å²) in [5.41, 5.74) is 1.87. The lowest BCUT2D eigenvalue weighted by molar-refractivity contribution is -0.136. The van der Waals surface area contributed by atoms with Crippen molar-refractivity contribution in [3.63, 3.8) is 0 Å². The quantitative estimate of drug-likeness (QED) is 0.672. The van der Waals surface area contributed by atoms with Crippen molar-refractivity contribution in [1.82, 2.24) is 19.4 Å². The molecule has 0 aliphatic carbocycles. The summed E-state index contributed by atoms with van der Waals surface area (Å²) in [6.07, 6.45) is 5.24. The second kappa shape index (κ2) is 7.89. The number of imidazole rings is 1. The minimum absolute atomic E-state index is 0.0488. The van der Waals surface area contributed by atoms with Gasteiger partial charge in [-0.05, 0) is 48.4 Å². The van der Waals surface area contributed by atoms with E-state index in [0.29, 0.717) is 19.6 Å². The standard InChI is InChI=1S/C23H24FN5O/c24-19-7-4-17(5-8-19)20-15-26-22-9-6-18(16-29(20)22)23(30)28-13-11-27(12-14-28)21-3-1-2-10-25-21/h1-5,7-8,10,15,18H,6,9,11-14,16H2. The summed E-state index contributed by atoms with van der Waals surface area (Å²) in [6, 6.07) is 12.4. The molecule has 0 N–H and O–H groups in total. The number of piperazine rings is 1. The summed E-state index contributed by atoms with van der Waals surface area (Å²) in [5, 5.41) is 0. The van der Waals surface area contributed by atoms with Crippen molar-refractivity contribution in [3.05, 3.63) is 66.5 Å². The molecular formula is C23H24FN5O. The van der Waals surface area contributed by atoms with E-state index in [1.54, 1.807) is 18.3 Å². The van der Waals surface area contributed by atoms with Crippen LogP contribution in [0.25, 0.3) is 11.3 Å². The van der Waals surface area contributed by atoms with Crippen molar-refractivity contribution in [2.24, 2.45) is 5.92 Å². The molecule has 1 saturated heterocycles. The molecule has 1 atom stereocenters. The number of benzene rings is 1. The molecule has 6 nitrogen and oxygen atoms in total. The summed E-state index contributed by atoms with van der Waals surface area (Å²) < 4.78 is 15.4. The van der Waals surface area contributed by atoms with Gasteiger partial charge in [-0.25, -0.2) is 14.4 Å². The fourth-order valence-corrected chi connectivity index (χ4v) is 4.44. The topological polar surface area (TPSA) is 54.3 Å². The van der Waals surface area contributed by atoms with Crippen LogP contribution in [0.1, 0.15) is 12.2 Å². The van der Waals surface area contributed by atoms with Gasteiger partial charge in [0.05, 0.1) is 17.8 Å². The molecule has 0 radical (unpaired) electrons. The molecule has 154 valence electrons. The van der Waals surface area contributed by atoms with Crippen molar-refractivity contribution in [3.8, 4) is 11.3 Å². The van der Waals surface area contributed by atoms with E-state index in [1.807, 2.05) is 29.3 Å². The fraction of sp³-hybridized carbons (Fsp3) is 0.348. The van der Waals surface area contributed by atoms with Gasteiger partial charge in [0.1, 0.15) is 17.5 Å². The van der Waals surface area contributed by atoms with E-state index in [2.05, 4.69) is 19.4 Å². The third-order valence-electron chi connectivity index (χ3n) is 6.11. The zero-order valence-corrected chi connectivity index (χ0v) is 16.7. The first kappa shape index (κ1) is 18.8. The second-order valence-electron chi connectivity index (χ2n) is 7.91. The highest BCUT2D eigenvalue weighted by Gasteiger charge is 2.32. The predicted octanol–water partition coefficient (Wildman–Crippen LogP) is 3.00. The number of rotatable bonds is 3. The number of hydrogen-bond acceptors (Lipinski definition) is 4. The van der Waals surface area contributed by atoms with Crippen molar-refractivity contribution < 1.29 is 9.18 Å². The normalized spacial score (nSPS) is 18.9. The van der Waals surface area contributed by atoms with Crippen LogP contribution in [0.15, 0.2) is 54.9 Å². The van der Waals surface area contributed by atoms with Gasteiger partial charge >= 0.3 is 0 Å². The molecule has 1 aromatic carbocycles. The lowest BCUT2D eigenvalue weighted by atomic mass is 9.97. The maximum Gasteiger partial charge on any atom is 0.227 e. The SMILES string of the molecule is O=C(C1CCc2ncc(-c3ccc(F)cc3)n2C1)N1CCN(c2ccccn2)CC1. The van der Waals surface area contributed by atoms with E-state index in [-0.39, 0.29) is 17.6 Å². The minimum atomic E-state index is -0.255. The van der Waals surface area contributed by atoms with E-state index < -0.39 is 0 Å². The molecule has 3 aromatic rings. The van der Waals surface area contributed by atoms with E-state index in [0.717, 1.165) is 48.8 Å². The van der Waals surface area contributed by atoms with Gasteiger partial charge < -0.3 is 14.4 Å². The zero-order chi connectivity index (χ0) is 20.5. The van der Waals surface area contributed by atoms with Gasteiger partial charge in [0.2, 0.25) is 5.91 Å². The summed E-state index contributed by atoms with van der Waals surface area (Å²) in [6.45, 7) is 3.65. The summed E-state index contributed by atoms with van der Waals surface area (Å²) in [5.74, 6) is 1.88. The van der Waals surface area contributed by atoms with Crippen LogP contribution in [0, 0.1) is 11.7 Å². The van der Waals surface area contributed by atoms with Crippen molar-refractivity contribution >= 4 is 11.7 Å². The van der Waals surface area contributed by atoms with Gasteiger partial charge in [0.15, 0.2) is 0 Å². The van der Waals surface area contributed by atoms with Crippen LogP contribution in [-0.4, -0.2) is 51.5 Å². The summed E-state index contributed by atoms with van der Waals surface area (Å²) in [7, 11) is 0. The number of nitrogens with zero attached hydrogens (tertiary/aromatic N) is 5. The Kier molecular flexibility index (Phi) is 4.94. The van der Waals surface area contributed by atoms with Gasteiger partial charge in [-0.2, -0.15) is 0 Å². The van der Waals surface area contributed by atoms with Crippen molar-refractivity contribution in [2.45, 2.75) is 19.4 Å². The molecule has 1 amide bonds. The van der Waals surface area contributed by atoms with Crippen LogP contribution in [-0.2, 0) is 17.8 Å². The van der Waals surface area contributed by atoms with Gasteiger partial charge in [-0.15, -0.1) is 0 Å². The number of pyridine rings is 1. The molecule has 1 fully saturated rings. The van der Waals surface area contributed by atoms with E-state index in [9.17, 15) is 9.18 Å². The summed E-state index contributed by atoms with van der Waals surface area (Å²) in [4.78, 5) is 26.4. The molecule has 2 aromatic heterocycles. The minimum Gasteiger partial charge on any atom is -0.353 e. The number of carbonyl (C=O) groups is 1. The number of aryl methyl sites for hydroxylation is 1. The Labute approximate surface area is 175 Å². The first-order valence-corrected chi connectivity index (χ1v) is 10.4. The molecule has 2 aliphatic heterocycles. The Hall–Kier alpha value is -3.22. The number of fused-ring (bicyclic) bond motifs is 1. The molecule has 0 bridgehead atoms. The van der Waals surface area contributed by atoms with Gasteiger partial charge in [0, 0.05) is 45.3 Å². The van der Waals surface area contributed by atoms with E-state index in [1.165, 1.54) is 12.1 Å². The molecule has 0 saturated carbocycles. The molecule has 7 heteroatoms. The first-order chi connectivity index (χ1) is 14.7. The van der Waals surface area contributed by atoms with Gasteiger partial charge in [0.25, 0.3) is 0 Å². The molecule has 5 rings (SSSR count). The molecular weight excluding hydrogens is 381 g/mol. The van der Waals surface area contributed by atoms with Crippen LogP contribution in [0.4, 0.5) is 10.2 Å². The maximum absolute atomic E-state index is 13.3. The van der Waals surface area contributed by atoms with Crippen LogP contribution in [0.3, 0.4) is 0 Å². The number of halogens is 1.